The molecule has 1 amide bonds. The van der Waals surface area contributed by atoms with Gasteiger partial charge >= 0.3 is 0 Å². The number of aliphatic hydroxyl groups excluding tert-OH is 1. The normalized spacial score (nSPS) is 11.4. The molecule has 1 aromatic carbocycles. The zero-order chi connectivity index (χ0) is 15.0. The van der Waals surface area contributed by atoms with E-state index in [0.717, 1.165) is 22.6 Å². The Balaban J connectivity index is 2.81. The highest BCUT2D eigenvalue weighted by Crippen LogP contribution is 2.11. The van der Waals surface area contributed by atoms with Crippen molar-refractivity contribution < 1.29 is 9.90 Å². The molecule has 1 rings (SSSR count). The minimum atomic E-state index is -0.180. The average molecular weight is 291 g/mol. The van der Waals surface area contributed by atoms with Gasteiger partial charge in [0.1, 0.15) is 6.61 Å². The van der Waals surface area contributed by atoms with Crippen LogP contribution in [0.5, 0.6) is 0 Å². The van der Waals surface area contributed by atoms with E-state index in [1.54, 1.807) is 17.8 Å². The molecule has 2 N–H and O–H groups in total. The summed E-state index contributed by atoms with van der Waals surface area (Å²) in [6.07, 6.45) is 0. The molecule has 0 aromatic heterocycles. The zero-order valence-corrected chi connectivity index (χ0v) is 13.0. The molecule has 0 aliphatic carbocycles. The van der Waals surface area contributed by atoms with Crippen molar-refractivity contribution in [3.63, 3.8) is 0 Å². The van der Waals surface area contributed by atoms with Gasteiger partial charge in [-0.1, -0.05) is 24.8 Å². The molecule has 0 saturated carbocycles. The fraction of sp³-hybridized carbons (Fsp3) is 0.438. The van der Waals surface area contributed by atoms with Crippen LogP contribution in [0.2, 0.25) is 0 Å². The summed E-state index contributed by atoms with van der Waals surface area (Å²) in [6.45, 7) is 5.84. The third-order valence-electron chi connectivity index (χ3n) is 2.74. The van der Waals surface area contributed by atoms with Gasteiger partial charge in [-0.3, -0.25) is 4.79 Å². The Morgan fingerprint density at radius 2 is 2.25 bits per heavy atom. The molecule has 3 nitrogen and oxygen atoms in total. The summed E-state index contributed by atoms with van der Waals surface area (Å²) in [5.41, 5.74) is 2.31. The number of carbonyl (C=O) groups excluding carboxylic acids is 1. The lowest BCUT2D eigenvalue weighted by Gasteiger charge is -2.14. The number of aryl methyl sites for hydroxylation is 1. The fourth-order valence-corrected chi connectivity index (χ4v) is 2.40. The van der Waals surface area contributed by atoms with Crippen LogP contribution in [0.15, 0.2) is 18.2 Å². The van der Waals surface area contributed by atoms with E-state index in [-0.39, 0.29) is 18.6 Å². The van der Waals surface area contributed by atoms with Crippen molar-refractivity contribution >= 4 is 17.7 Å². The molecule has 4 heteroatoms. The Hall–Kier alpha value is -1.44. The Bertz CT molecular complexity index is 517. The smallest absolute Gasteiger partial charge is 0.251 e. The summed E-state index contributed by atoms with van der Waals surface area (Å²) < 4.78 is 0. The summed E-state index contributed by atoms with van der Waals surface area (Å²) in [4.78, 5) is 12.2. The van der Waals surface area contributed by atoms with Crippen LogP contribution in [0.4, 0.5) is 0 Å². The van der Waals surface area contributed by atoms with Crippen molar-refractivity contribution in [2.75, 3.05) is 18.1 Å². The summed E-state index contributed by atoms with van der Waals surface area (Å²) in [7, 11) is 0. The quantitative estimate of drug-likeness (QED) is 0.818. The number of hydrogen-bond acceptors (Lipinski definition) is 3. The predicted molar refractivity (Wildman–Crippen MR) is 85.1 cm³/mol. The van der Waals surface area contributed by atoms with E-state index in [9.17, 15) is 4.79 Å². The van der Waals surface area contributed by atoms with E-state index in [1.807, 2.05) is 26.0 Å². The molecule has 1 unspecified atom stereocenters. The van der Waals surface area contributed by atoms with Crippen molar-refractivity contribution in [3.05, 3.63) is 34.9 Å². The minimum Gasteiger partial charge on any atom is -0.384 e. The number of hydrogen-bond donors (Lipinski definition) is 2. The fourth-order valence-electron chi connectivity index (χ4n) is 1.72. The minimum absolute atomic E-state index is 0.0700. The molecule has 1 aromatic rings. The van der Waals surface area contributed by atoms with E-state index in [4.69, 9.17) is 5.11 Å². The van der Waals surface area contributed by atoms with Crippen LogP contribution in [-0.2, 0) is 0 Å². The lowest BCUT2D eigenvalue weighted by molar-refractivity contribution is 0.0943. The Kier molecular flexibility index (Phi) is 7.21. The van der Waals surface area contributed by atoms with Crippen LogP contribution in [0.3, 0.4) is 0 Å². The van der Waals surface area contributed by atoms with Gasteiger partial charge in [-0.15, -0.1) is 0 Å². The molecule has 0 fully saturated rings. The first kappa shape index (κ1) is 16.6. The third kappa shape index (κ3) is 5.28. The molecule has 20 heavy (non-hydrogen) atoms. The predicted octanol–water partition coefficient (Wildman–Crippen LogP) is 2.21. The van der Waals surface area contributed by atoms with Crippen molar-refractivity contribution in [2.24, 2.45) is 0 Å². The molecule has 0 spiro atoms. The molecule has 0 aliphatic rings. The molecular formula is C16H21NO2S. The second-order valence-corrected chi connectivity index (χ2v) is 5.84. The number of nitrogens with one attached hydrogen (secondary N) is 1. The van der Waals surface area contributed by atoms with Gasteiger partial charge in [-0.2, -0.15) is 11.8 Å². The SMILES string of the molecule is CCSCC(C)NC(=O)c1cc(C#CCO)ccc1C. The van der Waals surface area contributed by atoms with Gasteiger partial charge in [-0.25, -0.2) is 0 Å². The van der Waals surface area contributed by atoms with Crippen molar-refractivity contribution in [2.45, 2.75) is 26.8 Å². The molecule has 0 saturated heterocycles. The number of amides is 1. The second-order valence-electron chi connectivity index (χ2n) is 4.52. The lowest BCUT2D eigenvalue weighted by atomic mass is 10.0. The summed E-state index contributed by atoms with van der Waals surface area (Å²) in [6, 6.07) is 5.64. The molecule has 1 atom stereocenters. The maximum Gasteiger partial charge on any atom is 0.251 e. The van der Waals surface area contributed by atoms with Crippen LogP contribution >= 0.6 is 11.8 Å². The Labute approximate surface area is 125 Å². The topological polar surface area (TPSA) is 49.3 Å². The molecule has 0 radical (unpaired) electrons. The Morgan fingerprint density at radius 1 is 1.50 bits per heavy atom. The first-order valence-corrected chi connectivity index (χ1v) is 7.83. The second kappa shape index (κ2) is 8.68. The van der Waals surface area contributed by atoms with Gasteiger partial charge in [0.2, 0.25) is 0 Å². The van der Waals surface area contributed by atoms with Crippen molar-refractivity contribution in [1.82, 2.24) is 5.32 Å². The van der Waals surface area contributed by atoms with Gasteiger partial charge in [-0.05, 0) is 37.3 Å². The first-order valence-electron chi connectivity index (χ1n) is 6.67. The van der Waals surface area contributed by atoms with Crippen LogP contribution in [0, 0.1) is 18.8 Å². The highest BCUT2D eigenvalue weighted by molar-refractivity contribution is 7.99. The molecular weight excluding hydrogens is 270 g/mol. The number of aliphatic hydroxyl groups is 1. The highest BCUT2D eigenvalue weighted by Gasteiger charge is 2.12. The van der Waals surface area contributed by atoms with Crippen molar-refractivity contribution in [3.8, 4) is 11.8 Å². The maximum absolute atomic E-state index is 12.2. The third-order valence-corrected chi connectivity index (χ3v) is 3.89. The van der Waals surface area contributed by atoms with E-state index in [1.165, 1.54) is 0 Å². The molecule has 0 aliphatic heterocycles. The summed E-state index contributed by atoms with van der Waals surface area (Å²) in [5.74, 6) is 7.29. The number of benzene rings is 1. The van der Waals surface area contributed by atoms with Crippen LogP contribution in [-0.4, -0.2) is 35.2 Å². The van der Waals surface area contributed by atoms with Crippen LogP contribution in [0.1, 0.15) is 35.3 Å². The van der Waals surface area contributed by atoms with Gasteiger partial charge in [0.25, 0.3) is 5.91 Å². The average Bonchev–Trinajstić information content (AvgIpc) is 2.44. The summed E-state index contributed by atoms with van der Waals surface area (Å²) in [5, 5.41) is 11.7. The highest BCUT2D eigenvalue weighted by atomic mass is 32.2. The van der Waals surface area contributed by atoms with Gasteiger partial charge in [0, 0.05) is 22.9 Å². The molecule has 108 valence electrons. The lowest BCUT2D eigenvalue weighted by Crippen LogP contribution is -2.34. The van der Waals surface area contributed by atoms with E-state index in [0.29, 0.717) is 5.56 Å². The zero-order valence-electron chi connectivity index (χ0n) is 12.2. The molecule has 0 bridgehead atoms. The monoisotopic (exact) mass is 291 g/mol. The maximum atomic E-state index is 12.2. The summed E-state index contributed by atoms with van der Waals surface area (Å²) >= 11 is 1.81. The van der Waals surface area contributed by atoms with E-state index in [2.05, 4.69) is 24.1 Å². The van der Waals surface area contributed by atoms with Crippen LogP contribution < -0.4 is 5.32 Å². The largest absolute Gasteiger partial charge is 0.384 e. The van der Waals surface area contributed by atoms with Crippen LogP contribution in [0.25, 0.3) is 0 Å². The van der Waals surface area contributed by atoms with Crippen molar-refractivity contribution in [1.29, 1.82) is 0 Å². The molecule has 0 heterocycles. The first-order chi connectivity index (χ1) is 9.58. The number of rotatable bonds is 5. The van der Waals surface area contributed by atoms with E-state index < -0.39 is 0 Å². The van der Waals surface area contributed by atoms with Gasteiger partial charge in [0.15, 0.2) is 0 Å². The number of carbonyl (C=O) groups is 1. The number of thioether (sulfide) groups is 1. The van der Waals surface area contributed by atoms with Gasteiger partial charge < -0.3 is 10.4 Å². The van der Waals surface area contributed by atoms with E-state index >= 15 is 0 Å². The van der Waals surface area contributed by atoms with Gasteiger partial charge in [0.05, 0.1) is 0 Å². The Morgan fingerprint density at radius 3 is 2.90 bits per heavy atom. The standard InChI is InChI=1S/C16H21NO2S/c1-4-20-11-13(3)17-16(19)15-10-14(6-5-9-18)8-7-12(15)2/h7-8,10,13,18H,4,9,11H2,1-3H3,(H,17,19).